The number of aromatic nitrogens is 2. The van der Waals surface area contributed by atoms with Gasteiger partial charge in [-0.1, -0.05) is 13.8 Å². The minimum Gasteiger partial charge on any atom is -0.335 e. The molecule has 0 aromatic carbocycles. The zero-order valence-corrected chi connectivity index (χ0v) is 16.3. The number of rotatable bonds is 3. The third kappa shape index (κ3) is 3.54. The van der Waals surface area contributed by atoms with Crippen molar-refractivity contribution in [3.8, 4) is 0 Å². The van der Waals surface area contributed by atoms with Crippen molar-refractivity contribution < 1.29 is 4.79 Å². The van der Waals surface area contributed by atoms with Crippen molar-refractivity contribution in [1.82, 2.24) is 25.3 Å². The zero-order valence-electron chi connectivity index (χ0n) is 16.3. The number of piperazine rings is 1. The fraction of sp³-hybridized carbons (Fsp3) is 0.800. The van der Waals surface area contributed by atoms with E-state index in [2.05, 4.69) is 34.3 Å². The number of fused-ring (bicyclic) bond motifs is 1. The molecule has 1 amide bonds. The van der Waals surface area contributed by atoms with Gasteiger partial charge in [0.25, 0.3) is 5.91 Å². The number of aromatic amines is 1. The van der Waals surface area contributed by atoms with E-state index < -0.39 is 0 Å². The summed E-state index contributed by atoms with van der Waals surface area (Å²) in [6, 6.07) is 0.726. The topological polar surface area (TPSA) is 64.3 Å². The number of carbonyl (C=O) groups is 1. The van der Waals surface area contributed by atoms with Gasteiger partial charge < -0.3 is 10.2 Å². The Morgan fingerprint density at radius 2 is 1.85 bits per heavy atom. The van der Waals surface area contributed by atoms with Crippen molar-refractivity contribution in [3.05, 3.63) is 17.0 Å². The summed E-state index contributed by atoms with van der Waals surface area (Å²) in [7, 11) is 0. The van der Waals surface area contributed by atoms with E-state index in [1.165, 1.54) is 25.7 Å². The van der Waals surface area contributed by atoms with Crippen LogP contribution in [0.1, 0.15) is 61.3 Å². The molecule has 6 nitrogen and oxygen atoms in total. The summed E-state index contributed by atoms with van der Waals surface area (Å²) >= 11 is 0. The van der Waals surface area contributed by atoms with Crippen molar-refractivity contribution in [2.24, 2.45) is 11.8 Å². The molecule has 2 fully saturated rings. The van der Waals surface area contributed by atoms with Gasteiger partial charge in [-0.05, 0) is 37.5 Å². The quantitative estimate of drug-likeness (QED) is 0.867. The summed E-state index contributed by atoms with van der Waals surface area (Å²) in [6.45, 7) is 10.1. The van der Waals surface area contributed by atoms with Crippen molar-refractivity contribution in [3.63, 3.8) is 0 Å². The van der Waals surface area contributed by atoms with Gasteiger partial charge in [0, 0.05) is 63.0 Å². The summed E-state index contributed by atoms with van der Waals surface area (Å²) in [5.74, 6) is 1.84. The van der Waals surface area contributed by atoms with E-state index in [0.717, 1.165) is 74.8 Å². The number of hydrogen-bond donors (Lipinski definition) is 2. The Morgan fingerprint density at radius 3 is 2.54 bits per heavy atom. The standard InChI is InChI=1S/C20H33N5O/c1-14(2)15-3-5-16(6-4-15)24-9-11-25(12-10-24)20(26)19-17-13-21-8-7-18(17)22-23-19/h14-16,21H,3-13H2,1-2H3,(H,22,23). The van der Waals surface area contributed by atoms with Crippen molar-refractivity contribution >= 4 is 5.91 Å². The highest BCUT2D eigenvalue weighted by atomic mass is 16.2. The first-order chi connectivity index (χ1) is 12.6. The first-order valence-electron chi connectivity index (χ1n) is 10.4. The molecule has 1 saturated heterocycles. The van der Waals surface area contributed by atoms with Gasteiger partial charge in [-0.3, -0.25) is 14.8 Å². The van der Waals surface area contributed by atoms with Crippen LogP contribution in [0, 0.1) is 11.8 Å². The van der Waals surface area contributed by atoms with Crippen LogP contribution in [-0.4, -0.2) is 64.7 Å². The molecule has 0 radical (unpaired) electrons. The molecule has 144 valence electrons. The molecular formula is C20H33N5O. The van der Waals surface area contributed by atoms with Crippen LogP contribution >= 0.6 is 0 Å². The van der Waals surface area contributed by atoms with Gasteiger partial charge in [0.15, 0.2) is 5.69 Å². The van der Waals surface area contributed by atoms with Crippen LogP contribution in [0.4, 0.5) is 0 Å². The fourth-order valence-electron chi connectivity index (χ4n) is 4.98. The summed E-state index contributed by atoms with van der Waals surface area (Å²) < 4.78 is 0. The maximum absolute atomic E-state index is 12.9. The zero-order chi connectivity index (χ0) is 18.1. The third-order valence-electron chi connectivity index (χ3n) is 6.81. The Balaban J connectivity index is 1.31. The molecule has 26 heavy (non-hydrogen) atoms. The Morgan fingerprint density at radius 1 is 1.12 bits per heavy atom. The monoisotopic (exact) mass is 359 g/mol. The van der Waals surface area contributed by atoms with Crippen LogP contribution in [0.2, 0.25) is 0 Å². The van der Waals surface area contributed by atoms with Crippen LogP contribution in [-0.2, 0) is 13.0 Å². The Bertz CT molecular complexity index is 624. The van der Waals surface area contributed by atoms with E-state index in [1.807, 2.05) is 4.90 Å². The molecule has 0 bridgehead atoms. The number of amides is 1. The van der Waals surface area contributed by atoms with Gasteiger partial charge in [-0.15, -0.1) is 0 Å². The molecule has 2 N–H and O–H groups in total. The molecule has 0 atom stereocenters. The second-order valence-corrected chi connectivity index (χ2v) is 8.60. The minimum absolute atomic E-state index is 0.106. The van der Waals surface area contributed by atoms with Gasteiger partial charge in [0.05, 0.1) is 0 Å². The number of nitrogens with one attached hydrogen (secondary N) is 2. The highest BCUT2D eigenvalue weighted by Crippen LogP contribution is 2.32. The van der Waals surface area contributed by atoms with Gasteiger partial charge in [-0.25, -0.2) is 0 Å². The van der Waals surface area contributed by atoms with Gasteiger partial charge in [0.2, 0.25) is 0 Å². The predicted molar refractivity (Wildman–Crippen MR) is 102 cm³/mol. The first kappa shape index (κ1) is 18.0. The molecule has 1 aromatic rings. The highest BCUT2D eigenvalue weighted by Gasteiger charge is 2.32. The smallest absolute Gasteiger partial charge is 0.274 e. The van der Waals surface area contributed by atoms with E-state index in [1.54, 1.807) is 0 Å². The minimum atomic E-state index is 0.106. The van der Waals surface area contributed by atoms with Gasteiger partial charge >= 0.3 is 0 Å². The lowest BCUT2D eigenvalue weighted by atomic mass is 9.79. The lowest BCUT2D eigenvalue weighted by molar-refractivity contribution is 0.0472. The Kier molecular flexibility index (Phi) is 5.32. The number of H-pyrrole nitrogens is 1. The SMILES string of the molecule is CC(C)C1CCC(N2CCN(C(=O)c3n[nH]c4c3CNCC4)CC2)CC1. The molecule has 1 saturated carbocycles. The average molecular weight is 360 g/mol. The van der Waals surface area contributed by atoms with Crippen LogP contribution in [0.3, 0.4) is 0 Å². The lowest BCUT2D eigenvalue weighted by Gasteiger charge is -2.42. The molecule has 0 unspecified atom stereocenters. The largest absolute Gasteiger partial charge is 0.335 e. The van der Waals surface area contributed by atoms with Crippen LogP contribution in [0.5, 0.6) is 0 Å². The summed E-state index contributed by atoms with van der Waals surface area (Å²) in [5, 5.41) is 10.8. The second-order valence-electron chi connectivity index (χ2n) is 8.60. The Labute approximate surface area is 156 Å². The van der Waals surface area contributed by atoms with Crippen LogP contribution in [0.25, 0.3) is 0 Å². The molecule has 3 aliphatic rings. The van der Waals surface area contributed by atoms with E-state index in [9.17, 15) is 4.79 Å². The maximum Gasteiger partial charge on any atom is 0.274 e. The molecule has 3 heterocycles. The molecule has 1 aliphatic carbocycles. The predicted octanol–water partition coefficient (Wildman–Crippen LogP) is 2.03. The number of carbonyl (C=O) groups excluding carboxylic acids is 1. The summed E-state index contributed by atoms with van der Waals surface area (Å²) in [4.78, 5) is 17.6. The first-order valence-corrected chi connectivity index (χ1v) is 10.4. The van der Waals surface area contributed by atoms with Gasteiger partial charge in [-0.2, -0.15) is 5.10 Å². The van der Waals surface area contributed by atoms with Crippen LogP contribution in [0.15, 0.2) is 0 Å². The summed E-state index contributed by atoms with van der Waals surface area (Å²) in [6.07, 6.45) is 6.33. The highest BCUT2D eigenvalue weighted by molar-refractivity contribution is 5.94. The van der Waals surface area contributed by atoms with Crippen molar-refractivity contribution in [2.75, 3.05) is 32.7 Å². The fourth-order valence-corrected chi connectivity index (χ4v) is 4.98. The summed E-state index contributed by atoms with van der Waals surface area (Å²) in [5.41, 5.74) is 2.85. The lowest BCUT2D eigenvalue weighted by Crippen LogP contribution is -2.52. The third-order valence-corrected chi connectivity index (χ3v) is 6.81. The van der Waals surface area contributed by atoms with Crippen LogP contribution < -0.4 is 5.32 Å². The molecular weight excluding hydrogens is 326 g/mol. The van der Waals surface area contributed by atoms with E-state index in [4.69, 9.17) is 0 Å². The van der Waals surface area contributed by atoms with E-state index in [-0.39, 0.29) is 5.91 Å². The van der Waals surface area contributed by atoms with E-state index >= 15 is 0 Å². The molecule has 1 aromatic heterocycles. The number of nitrogens with zero attached hydrogens (tertiary/aromatic N) is 3. The molecule has 6 heteroatoms. The van der Waals surface area contributed by atoms with Crippen molar-refractivity contribution in [1.29, 1.82) is 0 Å². The normalized spacial score (nSPS) is 27.6. The van der Waals surface area contributed by atoms with Crippen molar-refractivity contribution in [2.45, 2.75) is 58.5 Å². The van der Waals surface area contributed by atoms with E-state index in [0.29, 0.717) is 5.69 Å². The molecule has 0 spiro atoms. The average Bonchev–Trinajstić information content (AvgIpc) is 3.12. The second kappa shape index (κ2) is 7.69. The van der Waals surface area contributed by atoms with Gasteiger partial charge in [0.1, 0.15) is 0 Å². The number of hydrogen-bond acceptors (Lipinski definition) is 4. The molecule has 4 rings (SSSR count). The molecule has 2 aliphatic heterocycles. The maximum atomic E-state index is 12.9. The Hall–Kier alpha value is -1.40.